The number of unbranched alkanes of at least 4 members (excludes halogenated alkanes) is 15. The van der Waals surface area contributed by atoms with Crippen molar-refractivity contribution in [1.82, 2.24) is 5.32 Å². The summed E-state index contributed by atoms with van der Waals surface area (Å²) in [5.41, 5.74) is 0. The van der Waals surface area contributed by atoms with E-state index < -0.39 is 86.8 Å². The van der Waals surface area contributed by atoms with Gasteiger partial charge in [0.15, 0.2) is 12.6 Å². The third-order valence-corrected chi connectivity index (χ3v) is 12.8. The quantitative estimate of drug-likeness (QED) is 0.0208. The minimum absolute atomic E-state index is 0.0324. The van der Waals surface area contributed by atoms with Gasteiger partial charge in [-0.3, -0.25) is 4.79 Å². The summed E-state index contributed by atoms with van der Waals surface area (Å²) in [4.78, 5) is 13.1. The Morgan fingerprint density at radius 1 is 0.514 bits per heavy atom. The lowest BCUT2D eigenvalue weighted by Crippen LogP contribution is -2.65. The van der Waals surface area contributed by atoms with Crippen molar-refractivity contribution >= 4 is 5.91 Å². The minimum Gasteiger partial charge on any atom is -0.394 e. The van der Waals surface area contributed by atoms with Gasteiger partial charge in [0.2, 0.25) is 5.91 Å². The highest BCUT2D eigenvalue weighted by molar-refractivity contribution is 5.77. The Hall–Kier alpha value is -3.09. The van der Waals surface area contributed by atoms with Crippen LogP contribution in [0.3, 0.4) is 0 Å². The van der Waals surface area contributed by atoms with Crippen molar-refractivity contribution in [2.45, 2.75) is 242 Å². The van der Waals surface area contributed by atoms with Crippen LogP contribution in [0.4, 0.5) is 0 Å². The van der Waals surface area contributed by atoms with E-state index in [2.05, 4.69) is 86.0 Å². The van der Waals surface area contributed by atoms with E-state index in [-0.39, 0.29) is 18.9 Å². The first kappa shape index (κ1) is 65.0. The van der Waals surface area contributed by atoms with Crippen molar-refractivity contribution in [3.8, 4) is 0 Å². The molecular formula is C58H97NO13. The van der Waals surface area contributed by atoms with Gasteiger partial charge in [-0.2, -0.15) is 0 Å². The molecule has 0 spiro atoms. The maximum absolute atomic E-state index is 13.1. The first-order valence-corrected chi connectivity index (χ1v) is 27.5. The van der Waals surface area contributed by atoms with Gasteiger partial charge in [0, 0.05) is 6.42 Å². The van der Waals surface area contributed by atoms with E-state index >= 15 is 0 Å². The number of carbonyl (C=O) groups excluding carboxylic acids is 1. The van der Waals surface area contributed by atoms with E-state index in [0.29, 0.717) is 12.8 Å². The number of aliphatic hydroxyl groups excluding tert-OH is 8. The molecule has 2 rings (SSSR count). The highest BCUT2D eigenvalue weighted by Gasteiger charge is 2.51. The smallest absolute Gasteiger partial charge is 0.224 e. The van der Waals surface area contributed by atoms with E-state index in [9.17, 15) is 45.6 Å². The molecule has 0 radical (unpaired) electrons. The normalized spacial score (nSPS) is 26.4. The van der Waals surface area contributed by atoms with Crippen LogP contribution in [0, 0.1) is 0 Å². The number of nitrogens with one attached hydrogen (secondary N) is 1. The van der Waals surface area contributed by atoms with Crippen molar-refractivity contribution in [2.75, 3.05) is 19.8 Å². The molecule has 12 unspecified atom stereocenters. The monoisotopic (exact) mass is 1020 g/mol. The Kier molecular flexibility index (Phi) is 39.0. The number of amides is 1. The molecule has 0 aromatic heterocycles. The summed E-state index contributed by atoms with van der Waals surface area (Å²) >= 11 is 0. The molecule has 14 nitrogen and oxygen atoms in total. The summed E-state index contributed by atoms with van der Waals surface area (Å²) in [6.07, 6.45) is 42.0. The lowest BCUT2D eigenvalue weighted by Gasteiger charge is -2.46. The minimum atomic E-state index is -1.80. The topological polar surface area (TPSA) is 228 Å². The Morgan fingerprint density at radius 3 is 1.50 bits per heavy atom. The van der Waals surface area contributed by atoms with Crippen LogP contribution >= 0.6 is 0 Å². The van der Waals surface area contributed by atoms with Crippen molar-refractivity contribution in [3.05, 3.63) is 97.2 Å². The number of hydrogen-bond donors (Lipinski definition) is 9. The van der Waals surface area contributed by atoms with Crippen LogP contribution in [0.2, 0.25) is 0 Å². The number of ether oxygens (including phenoxy) is 4. The summed E-state index contributed by atoms with van der Waals surface area (Å²) in [7, 11) is 0. The van der Waals surface area contributed by atoms with Crippen LogP contribution < -0.4 is 5.32 Å². The SMILES string of the molecule is CC/C=C\C/C=C\C/C=C\C/C=C\C/C=C\CC(=O)NC(COC1OC(CO)C(OC2OC(CO)C(O)C(O)C2O)C(O)C1O)C(O)/C=C/CC/C=C/CC/C=C/CCCCCCCCCCCCCCC. The molecule has 2 aliphatic heterocycles. The second-order valence-corrected chi connectivity index (χ2v) is 19.0. The molecule has 0 aromatic rings. The first-order chi connectivity index (χ1) is 35.1. The third-order valence-electron chi connectivity index (χ3n) is 12.8. The lowest BCUT2D eigenvalue weighted by molar-refractivity contribution is -0.359. The van der Waals surface area contributed by atoms with Gasteiger partial charge >= 0.3 is 0 Å². The third kappa shape index (κ3) is 29.1. The number of rotatable bonds is 41. The van der Waals surface area contributed by atoms with E-state index in [1.807, 2.05) is 18.2 Å². The second-order valence-electron chi connectivity index (χ2n) is 19.0. The van der Waals surface area contributed by atoms with Gasteiger partial charge in [-0.05, 0) is 70.6 Å². The van der Waals surface area contributed by atoms with Gasteiger partial charge in [0.25, 0.3) is 0 Å². The Morgan fingerprint density at radius 2 is 0.972 bits per heavy atom. The van der Waals surface area contributed by atoms with Gasteiger partial charge < -0.3 is 65.1 Å². The van der Waals surface area contributed by atoms with E-state index in [4.69, 9.17) is 18.9 Å². The van der Waals surface area contributed by atoms with Crippen LogP contribution in [0.15, 0.2) is 97.2 Å². The molecular weight excluding hydrogens is 919 g/mol. The zero-order valence-corrected chi connectivity index (χ0v) is 43.9. The van der Waals surface area contributed by atoms with Gasteiger partial charge in [0.05, 0.1) is 32.0 Å². The highest BCUT2D eigenvalue weighted by Crippen LogP contribution is 2.30. The average Bonchev–Trinajstić information content (AvgIpc) is 3.38. The zero-order chi connectivity index (χ0) is 52.4. The summed E-state index contributed by atoms with van der Waals surface area (Å²) in [5.74, 6) is -0.384. The second kappa shape index (κ2) is 43.2. The summed E-state index contributed by atoms with van der Waals surface area (Å²) in [5, 5.41) is 86.7. The van der Waals surface area contributed by atoms with Crippen molar-refractivity contribution in [3.63, 3.8) is 0 Å². The largest absolute Gasteiger partial charge is 0.394 e. The molecule has 2 aliphatic rings. The molecule has 0 aromatic carbocycles. The van der Waals surface area contributed by atoms with E-state index in [1.165, 1.54) is 83.5 Å². The highest BCUT2D eigenvalue weighted by atomic mass is 16.7. The molecule has 1 amide bonds. The van der Waals surface area contributed by atoms with Crippen LogP contribution in [0.1, 0.15) is 168 Å². The lowest BCUT2D eigenvalue weighted by atomic mass is 9.97. The van der Waals surface area contributed by atoms with Crippen LogP contribution in [-0.2, 0) is 23.7 Å². The van der Waals surface area contributed by atoms with Crippen molar-refractivity contribution in [2.24, 2.45) is 0 Å². The Bertz CT molecular complexity index is 1570. The number of allylic oxidation sites excluding steroid dienone is 14. The maximum Gasteiger partial charge on any atom is 0.224 e. The average molecular weight is 1020 g/mol. The Balaban J connectivity index is 1.86. The van der Waals surface area contributed by atoms with Crippen LogP contribution in [0.5, 0.6) is 0 Å². The first-order valence-electron chi connectivity index (χ1n) is 27.5. The van der Waals surface area contributed by atoms with E-state index in [1.54, 1.807) is 12.2 Å². The van der Waals surface area contributed by atoms with Gasteiger partial charge in [0.1, 0.15) is 48.8 Å². The molecule has 14 heteroatoms. The summed E-state index contributed by atoms with van der Waals surface area (Å²) < 4.78 is 22.6. The fourth-order valence-corrected chi connectivity index (χ4v) is 8.33. The fraction of sp³-hybridized carbons (Fsp3) is 0.707. The molecule has 12 atom stereocenters. The van der Waals surface area contributed by atoms with E-state index in [0.717, 1.165) is 51.4 Å². The molecule has 72 heavy (non-hydrogen) atoms. The zero-order valence-electron chi connectivity index (χ0n) is 43.9. The fourth-order valence-electron chi connectivity index (χ4n) is 8.33. The summed E-state index contributed by atoms with van der Waals surface area (Å²) in [6, 6.07) is -0.998. The van der Waals surface area contributed by atoms with Crippen LogP contribution in [0.25, 0.3) is 0 Å². The van der Waals surface area contributed by atoms with Gasteiger partial charge in [-0.15, -0.1) is 0 Å². The molecule has 2 saturated heterocycles. The predicted molar refractivity (Wildman–Crippen MR) is 286 cm³/mol. The number of carbonyl (C=O) groups is 1. The van der Waals surface area contributed by atoms with Gasteiger partial charge in [-0.25, -0.2) is 0 Å². The van der Waals surface area contributed by atoms with Crippen molar-refractivity contribution < 1.29 is 64.6 Å². The summed E-state index contributed by atoms with van der Waals surface area (Å²) in [6.45, 7) is 2.57. The van der Waals surface area contributed by atoms with Gasteiger partial charge in [-0.1, -0.05) is 188 Å². The molecule has 0 aliphatic carbocycles. The van der Waals surface area contributed by atoms with Crippen LogP contribution in [-0.4, -0.2) is 140 Å². The standard InChI is InChI=1S/C58H97NO13/c1-3-5-7-9-11-13-15-17-19-20-21-22-23-24-25-26-28-29-31-33-35-37-39-41-47(62)46(59-50(63)42-40-38-36-34-32-30-27-18-16-14-12-10-8-6-4-2)45-69-57-55(68)53(66)56(49(44-61)71-57)72-58-54(67)52(65)51(64)48(43-60)70-58/h6,8,12,14,18,25-27,31-34,38-41,46-49,51-58,60-62,64-68H,3-5,7,9-11,13,15-17,19-24,28-30,35-37,42-45H2,1-2H3,(H,59,63)/b8-6-,14-12-,26-25+,27-18-,33-31+,34-32-,40-38-,41-39+. The number of hydrogen-bond acceptors (Lipinski definition) is 13. The molecule has 0 saturated carbocycles. The van der Waals surface area contributed by atoms with Crippen molar-refractivity contribution in [1.29, 1.82) is 0 Å². The molecule has 2 fully saturated rings. The molecule has 412 valence electrons. The maximum atomic E-state index is 13.1. The molecule has 9 N–H and O–H groups in total. The number of aliphatic hydroxyl groups is 8. The molecule has 0 bridgehead atoms. The Labute approximate surface area is 433 Å². The molecule has 2 heterocycles. The predicted octanol–water partition coefficient (Wildman–Crippen LogP) is 8.32.